The van der Waals surface area contributed by atoms with E-state index in [-0.39, 0.29) is 42.2 Å². The summed E-state index contributed by atoms with van der Waals surface area (Å²) in [5, 5.41) is 26.2. The lowest BCUT2D eigenvalue weighted by molar-refractivity contribution is -0.347. The van der Waals surface area contributed by atoms with Crippen LogP contribution in [0.25, 0.3) is 11.2 Å². The number of aliphatic hydroxyl groups excluding tert-OH is 2. The van der Waals surface area contributed by atoms with Gasteiger partial charge in [0.15, 0.2) is 27.0 Å². The third kappa shape index (κ3) is 12.2. The minimum absolute atomic E-state index is 0.0274. The molecule has 3 rings (SSSR count). The van der Waals surface area contributed by atoms with E-state index in [0.29, 0.717) is 0 Å². The van der Waals surface area contributed by atoms with Crippen molar-refractivity contribution in [1.82, 2.24) is 30.2 Å². The van der Waals surface area contributed by atoms with E-state index in [4.69, 9.17) is 10.5 Å². The normalized spacial score (nSPS) is 23.9. The predicted molar refractivity (Wildman–Crippen MR) is 179 cm³/mol. The number of aromatic nitrogens is 4. The molecule has 3 heterocycles. The molecule has 1 saturated heterocycles. The van der Waals surface area contributed by atoms with Crippen LogP contribution in [0.1, 0.15) is 48.0 Å². The Morgan fingerprint density at radius 2 is 1.67 bits per heavy atom. The monoisotopic (exact) mass is 865 g/mol. The summed E-state index contributed by atoms with van der Waals surface area (Å²) in [5.41, 5.74) is 1.95. The molecule has 55 heavy (non-hydrogen) atoms. The van der Waals surface area contributed by atoms with Crippen LogP contribution in [0, 0.1) is 5.41 Å². The molecule has 29 heteroatoms. The highest BCUT2D eigenvalue weighted by atomic mass is 32.2. The number of nitrogens with two attached hydrogens (primary N) is 1. The molecule has 0 aliphatic carbocycles. The van der Waals surface area contributed by atoms with Gasteiger partial charge in [-0.2, -0.15) is 0 Å². The quantitative estimate of drug-likeness (QED) is 0.0847. The Morgan fingerprint density at radius 1 is 1.05 bits per heavy atom. The first-order chi connectivity index (χ1) is 24.9. The molecule has 7 unspecified atom stereocenters. The molecule has 0 bridgehead atoms. The second kappa shape index (κ2) is 17.1. The fraction of sp³-hybridized carbons (Fsp3) is 0.731. The second-order valence-corrected chi connectivity index (χ2v) is 20.9. The molecule has 0 radical (unpaired) electrons. The molecule has 2 aromatic heterocycles. The molecule has 1 fully saturated rings. The van der Waals surface area contributed by atoms with E-state index in [1.807, 2.05) is 0 Å². The fourth-order valence-electron chi connectivity index (χ4n) is 4.86. The SMILES string of the molecule is CC(C)(COP(=O)([O-])OP(=O)([O-])OCC1OC(C)(n2cnc3c(N)ncnc32)C(O)C1OP(=O)([O-])[O-])C(O)C(=O)NCCC(=O)NCCS(=O)(=O)C(C)(C)C. The molecule has 7 atom stereocenters. The highest BCUT2D eigenvalue weighted by Gasteiger charge is 2.55. The minimum Gasteiger partial charge on any atom is -0.790 e. The molecule has 1 aliphatic rings. The van der Waals surface area contributed by atoms with Crippen LogP contribution in [0.3, 0.4) is 0 Å². The molecular formula is C26H42N7O18P3S-4. The maximum Gasteiger partial charge on any atom is 0.274 e. The molecule has 0 spiro atoms. The van der Waals surface area contributed by atoms with Crippen LogP contribution in [0.2, 0.25) is 0 Å². The van der Waals surface area contributed by atoms with Crippen molar-refractivity contribution < 1.29 is 84.1 Å². The van der Waals surface area contributed by atoms with Crippen LogP contribution in [-0.4, -0.2) is 111 Å². The number of nitrogens with one attached hydrogen (secondary N) is 2. The molecule has 1 aliphatic heterocycles. The highest BCUT2D eigenvalue weighted by molar-refractivity contribution is 7.92. The minimum atomic E-state index is -5.95. The summed E-state index contributed by atoms with van der Waals surface area (Å²) in [6.45, 7) is 5.23. The number of carbonyl (C=O) groups is 2. The zero-order chi connectivity index (χ0) is 42.0. The van der Waals surface area contributed by atoms with Crippen LogP contribution in [-0.2, 0) is 61.5 Å². The van der Waals surface area contributed by atoms with Crippen molar-refractivity contribution in [2.45, 2.75) is 82.9 Å². The molecule has 6 N–H and O–H groups in total. The van der Waals surface area contributed by atoms with Crippen molar-refractivity contribution in [2.75, 3.05) is 37.8 Å². The Balaban J connectivity index is 1.57. The van der Waals surface area contributed by atoms with E-state index in [1.54, 1.807) is 0 Å². The Kier molecular flexibility index (Phi) is 14.6. The van der Waals surface area contributed by atoms with Gasteiger partial charge in [-0.05, 0) is 27.7 Å². The molecule has 2 aromatic rings. The van der Waals surface area contributed by atoms with E-state index in [0.717, 1.165) is 17.2 Å². The summed E-state index contributed by atoms with van der Waals surface area (Å²) < 4.78 is 84.1. The van der Waals surface area contributed by atoms with Gasteiger partial charge in [0.05, 0.1) is 37.9 Å². The van der Waals surface area contributed by atoms with E-state index in [9.17, 15) is 61.5 Å². The Labute approximate surface area is 314 Å². The number of aliphatic hydroxyl groups is 2. The van der Waals surface area contributed by atoms with Gasteiger partial charge in [-0.25, -0.2) is 27.7 Å². The summed E-state index contributed by atoms with van der Waals surface area (Å²) in [5.74, 6) is -2.08. The lowest BCUT2D eigenvalue weighted by Crippen LogP contribution is -2.46. The summed E-state index contributed by atoms with van der Waals surface area (Å²) in [6, 6.07) is 0. The van der Waals surface area contributed by atoms with Crippen LogP contribution in [0.4, 0.5) is 5.82 Å². The number of fused-ring (bicyclic) bond motifs is 1. The van der Waals surface area contributed by atoms with Gasteiger partial charge in [0.1, 0.15) is 36.3 Å². The highest BCUT2D eigenvalue weighted by Crippen LogP contribution is 2.56. The van der Waals surface area contributed by atoms with Crippen molar-refractivity contribution in [2.24, 2.45) is 5.41 Å². The number of phosphoric ester groups is 3. The standard InChI is InChI=1S/C26H46N7O18P3S/c1-24(2,3)55(45,46)10-9-28-16(34)7-8-29-23(37)20(36)25(4,5)12-48-54(43,44)51-53(41,42)47-11-15-18(50-52(38,39)40)19(35)26(6,49-15)33-14-32-17-21(27)30-13-31-22(17)33/h13-15,18-20,35-36H,7-12H2,1-6H3,(H,28,34)(H,29,37)(H,41,42)(H,43,44)(H2,27,30,31)(H2,38,39,40)/p-4. The van der Waals surface area contributed by atoms with Gasteiger partial charge < -0.3 is 69.0 Å². The maximum absolute atomic E-state index is 12.5. The largest absolute Gasteiger partial charge is 0.790 e. The summed E-state index contributed by atoms with van der Waals surface area (Å²) in [7, 11) is -21.2. The molecule has 25 nitrogen and oxygen atoms in total. The van der Waals surface area contributed by atoms with Crippen molar-refractivity contribution in [1.29, 1.82) is 0 Å². The number of ether oxygens (including phenoxy) is 1. The van der Waals surface area contributed by atoms with Gasteiger partial charge in [-0.3, -0.25) is 23.3 Å². The van der Waals surface area contributed by atoms with Gasteiger partial charge in [-0.1, -0.05) is 13.8 Å². The topological polar surface area (TPSA) is 392 Å². The summed E-state index contributed by atoms with van der Waals surface area (Å²) >= 11 is 0. The lowest BCUT2D eigenvalue weighted by atomic mass is 9.87. The second-order valence-electron chi connectivity index (χ2n) is 14.0. The number of sulfone groups is 1. The van der Waals surface area contributed by atoms with Gasteiger partial charge in [-0.15, -0.1) is 0 Å². The van der Waals surface area contributed by atoms with E-state index in [2.05, 4.69) is 43.5 Å². The Morgan fingerprint density at radius 3 is 2.27 bits per heavy atom. The molecule has 2 amide bonds. The number of hydrogen-bond donors (Lipinski definition) is 5. The molecule has 0 saturated carbocycles. The van der Waals surface area contributed by atoms with Crippen molar-refractivity contribution >= 4 is 62.1 Å². The van der Waals surface area contributed by atoms with Crippen molar-refractivity contribution in [3.8, 4) is 0 Å². The van der Waals surface area contributed by atoms with E-state index in [1.165, 1.54) is 41.5 Å². The maximum atomic E-state index is 12.5. The number of hydrogen-bond acceptors (Lipinski definition) is 22. The van der Waals surface area contributed by atoms with Gasteiger partial charge in [0.2, 0.25) is 11.8 Å². The molecule has 0 aromatic carbocycles. The first-order valence-electron chi connectivity index (χ1n) is 16.0. The predicted octanol–water partition coefficient (Wildman–Crippen LogP) is -3.74. The lowest BCUT2D eigenvalue weighted by Gasteiger charge is -2.36. The summed E-state index contributed by atoms with van der Waals surface area (Å²) in [6.07, 6.45) is -6.28. The number of imidazole rings is 1. The van der Waals surface area contributed by atoms with Crippen LogP contribution < -0.4 is 35.9 Å². The van der Waals surface area contributed by atoms with Crippen LogP contribution >= 0.6 is 23.5 Å². The van der Waals surface area contributed by atoms with E-state index < -0.39 is 98.6 Å². The first kappa shape index (κ1) is 46.9. The first-order valence-corrected chi connectivity index (χ1v) is 22.0. The average molecular weight is 866 g/mol. The van der Waals surface area contributed by atoms with Gasteiger partial charge in [0.25, 0.3) is 15.6 Å². The Bertz CT molecular complexity index is 1970. The number of carbonyl (C=O) groups excluding carboxylic acids is 2. The average Bonchev–Trinajstić information content (AvgIpc) is 3.57. The number of nitrogen functional groups attached to an aromatic ring is 1. The van der Waals surface area contributed by atoms with E-state index >= 15 is 0 Å². The Hall–Kier alpha value is -2.51. The van der Waals surface area contributed by atoms with Crippen LogP contribution in [0.15, 0.2) is 12.7 Å². The van der Waals surface area contributed by atoms with Gasteiger partial charge >= 0.3 is 0 Å². The number of anilines is 1. The van der Waals surface area contributed by atoms with Gasteiger partial charge in [0, 0.05) is 24.9 Å². The fourth-order valence-corrected chi connectivity index (χ4v) is 8.57. The third-order valence-electron chi connectivity index (χ3n) is 8.16. The zero-order valence-corrected chi connectivity index (χ0v) is 33.7. The van der Waals surface area contributed by atoms with Crippen LogP contribution in [0.5, 0.6) is 0 Å². The van der Waals surface area contributed by atoms with Crippen molar-refractivity contribution in [3.63, 3.8) is 0 Å². The third-order valence-corrected chi connectivity index (χ3v) is 13.8. The molecular weight excluding hydrogens is 823 g/mol. The molecule has 314 valence electrons. The number of amides is 2. The number of phosphoric acid groups is 3. The smallest absolute Gasteiger partial charge is 0.274 e. The van der Waals surface area contributed by atoms with Crippen molar-refractivity contribution in [3.05, 3.63) is 12.7 Å². The zero-order valence-electron chi connectivity index (χ0n) is 30.2. The summed E-state index contributed by atoms with van der Waals surface area (Å²) in [4.78, 5) is 84.3. The number of nitrogens with zero attached hydrogens (tertiary/aromatic N) is 4. The number of rotatable bonds is 19.